The van der Waals surface area contributed by atoms with E-state index in [1.165, 1.54) is 18.9 Å². The first-order valence-corrected chi connectivity index (χ1v) is 6.28. The molecule has 1 aliphatic rings. The molecule has 3 rings (SSSR count). The molecule has 1 fully saturated rings. The lowest BCUT2D eigenvalue weighted by atomic mass is 10.3. The molecule has 1 saturated carbocycles. The maximum atomic E-state index is 13.1. The minimum absolute atomic E-state index is 0.263. The predicted octanol–water partition coefficient (Wildman–Crippen LogP) is 3.86. The standard InChI is InChI=1S/C12H11BrFN3/c13-10-7-8(1-4-11(10)14)16-12-15-5-6-17(12)9-2-3-9/h1,4-7,9H,2-3H2,(H,15,16). The van der Waals surface area contributed by atoms with Gasteiger partial charge in [0.2, 0.25) is 5.95 Å². The number of aromatic nitrogens is 2. The lowest BCUT2D eigenvalue weighted by Crippen LogP contribution is -2.01. The van der Waals surface area contributed by atoms with Crippen molar-refractivity contribution in [1.82, 2.24) is 9.55 Å². The molecular formula is C12H11BrFN3. The Labute approximate surface area is 107 Å². The van der Waals surface area contributed by atoms with Crippen LogP contribution in [0.2, 0.25) is 0 Å². The van der Waals surface area contributed by atoms with Gasteiger partial charge in [0, 0.05) is 24.1 Å². The van der Waals surface area contributed by atoms with Crippen molar-refractivity contribution < 1.29 is 4.39 Å². The van der Waals surface area contributed by atoms with E-state index in [9.17, 15) is 4.39 Å². The minimum atomic E-state index is -0.263. The highest BCUT2D eigenvalue weighted by molar-refractivity contribution is 9.10. The number of rotatable bonds is 3. The van der Waals surface area contributed by atoms with Gasteiger partial charge in [-0.2, -0.15) is 0 Å². The molecule has 1 heterocycles. The van der Waals surface area contributed by atoms with E-state index in [2.05, 4.69) is 30.8 Å². The zero-order valence-corrected chi connectivity index (χ0v) is 10.6. The molecule has 0 saturated heterocycles. The fourth-order valence-corrected chi connectivity index (χ4v) is 2.14. The molecule has 1 aromatic carbocycles. The number of imidazole rings is 1. The van der Waals surface area contributed by atoms with Crippen molar-refractivity contribution in [2.45, 2.75) is 18.9 Å². The van der Waals surface area contributed by atoms with E-state index in [1.54, 1.807) is 18.3 Å². The Morgan fingerprint density at radius 3 is 2.94 bits per heavy atom. The van der Waals surface area contributed by atoms with E-state index in [4.69, 9.17) is 0 Å². The Morgan fingerprint density at radius 2 is 2.24 bits per heavy atom. The van der Waals surface area contributed by atoms with Gasteiger partial charge in [0.25, 0.3) is 0 Å². The molecule has 0 spiro atoms. The monoisotopic (exact) mass is 295 g/mol. The lowest BCUT2D eigenvalue weighted by molar-refractivity contribution is 0.621. The van der Waals surface area contributed by atoms with E-state index >= 15 is 0 Å². The van der Waals surface area contributed by atoms with Crippen LogP contribution < -0.4 is 5.32 Å². The highest BCUT2D eigenvalue weighted by Gasteiger charge is 2.25. The van der Waals surface area contributed by atoms with Crippen LogP contribution in [-0.2, 0) is 0 Å². The molecule has 1 aliphatic carbocycles. The molecular weight excluding hydrogens is 285 g/mol. The molecule has 0 unspecified atom stereocenters. The Hall–Kier alpha value is -1.36. The van der Waals surface area contributed by atoms with Gasteiger partial charge in [-0.05, 0) is 47.0 Å². The second kappa shape index (κ2) is 4.14. The lowest BCUT2D eigenvalue weighted by Gasteiger charge is -2.09. The van der Waals surface area contributed by atoms with Crippen LogP contribution in [-0.4, -0.2) is 9.55 Å². The normalized spacial score (nSPS) is 14.9. The third-order valence-electron chi connectivity index (χ3n) is 2.78. The van der Waals surface area contributed by atoms with Crippen LogP contribution in [0.3, 0.4) is 0 Å². The van der Waals surface area contributed by atoms with Gasteiger partial charge >= 0.3 is 0 Å². The third kappa shape index (κ3) is 2.20. The predicted molar refractivity (Wildman–Crippen MR) is 67.9 cm³/mol. The van der Waals surface area contributed by atoms with Gasteiger partial charge in [0.1, 0.15) is 5.82 Å². The first-order chi connectivity index (χ1) is 8.24. The van der Waals surface area contributed by atoms with E-state index in [0.29, 0.717) is 10.5 Å². The number of nitrogens with zero attached hydrogens (tertiary/aromatic N) is 2. The van der Waals surface area contributed by atoms with Crippen molar-refractivity contribution >= 4 is 27.6 Å². The first-order valence-electron chi connectivity index (χ1n) is 5.49. The molecule has 0 atom stereocenters. The largest absolute Gasteiger partial charge is 0.326 e. The van der Waals surface area contributed by atoms with Crippen LogP contribution in [0.25, 0.3) is 0 Å². The van der Waals surface area contributed by atoms with Gasteiger partial charge < -0.3 is 9.88 Å². The Morgan fingerprint density at radius 1 is 1.41 bits per heavy atom. The average Bonchev–Trinajstić information content (AvgIpc) is 3.05. The van der Waals surface area contributed by atoms with Gasteiger partial charge in [0.05, 0.1) is 4.47 Å². The summed E-state index contributed by atoms with van der Waals surface area (Å²) < 4.78 is 15.7. The summed E-state index contributed by atoms with van der Waals surface area (Å²) in [6, 6.07) is 5.41. The number of benzene rings is 1. The van der Waals surface area contributed by atoms with Crippen LogP contribution >= 0.6 is 15.9 Å². The summed E-state index contributed by atoms with van der Waals surface area (Å²) in [5, 5.41) is 3.20. The molecule has 88 valence electrons. The van der Waals surface area contributed by atoms with Crippen molar-refractivity contribution in [2.75, 3.05) is 5.32 Å². The molecule has 3 nitrogen and oxygen atoms in total. The zero-order valence-electron chi connectivity index (χ0n) is 9.03. The number of halogens is 2. The van der Waals surface area contributed by atoms with E-state index < -0.39 is 0 Å². The first kappa shape index (κ1) is 10.8. The maximum Gasteiger partial charge on any atom is 0.207 e. The highest BCUT2D eigenvalue weighted by Crippen LogP contribution is 2.37. The molecule has 17 heavy (non-hydrogen) atoms. The minimum Gasteiger partial charge on any atom is -0.326 e. The smallest absolute Gasteiger partial charge is 0.207 e. The highest BCUT2D eigenvalue weighted by atomic mass is 79.9. The van der Waals surface area contributed by atoms with Gasteiger partial charge in [0.15, 0.2) is 0 Å². The van der Waals surface area contributed by atoms with Crippen molar-refractivity contribution in [2.24, 2.45) is 0 Å². The Bertz CT molecular complexity index is 548. The molecule has 0 radical (unpaired) electrons. The van der Waals surface area contributed by atoms with E-state index in [0.717, 1.165) is 11.6 Å². The van der Waals surface area contributed by atoms with Crippen molar-refractivity contribution in [3.63, 3.8) is 0 Å². The van der Waals surface area contributed by atoms with Gasteiger partial charge in [-0.25, -0.2) is 9.37 Å². The van der Waals surface area contributed by atoms with Gasteiger partial charge in [-0.3, -0.25) is 0 Å². The molecule has 1 aromatic heterocycles. The molecule has 5 heteroatoms. The summed E-state index contributed by atoms with van der Waals surface area (Å²) in [6.45, 7) is 0. The summed E-state index contributed by atoms with van der Waals surface area (Å²) in [4.78, 5) is 4.27. The molecule has 0 bridgehead atoms. The van der Waals surface area contributed by atoms with Crippen molar-refractivity contribution in [3.8, 4) is 0 Å². The third-order valence-corrected chi connectivity index (χ3v) is 3.39. The van der Waals surface area contributed by atoms with Crippen molar-refractivity contribution in [1.29, 1.82) is 0 Å². The van der Waals surface area contributed by atoms with Crippen LogP contribution in [0.1, 0.15) is 18.9 Å². The van der Waals surface area contributed by atoms with Crippen LogP contribution in [0.4, 0.5) is 16.0 Å². The maximum absolute atomic E-state index is 13.1. The summed E-state index contributed by atoms with van der Waals surface area (Å²) in [5.74, 6) is 0.548. The number of anilines is 2. The summed E-state index contributed by atoms with van der Waals surface area (Å²) in [6.07, 6.45) is 6.16. The zero-order chi connectivity index (χ0) is 11.8. The van der Waals surface area contributed by atoms with Crippen LogP contribution in [0, 0.1) is 5.82 Å². The fraction of sp³-hybridized carbons (Fsp3) is 0.250. The van der Waals surface area contributed by atoms with E-state index in [-0.39, 0.29) is 5.82 Å². The van der Waals surface area contributed by atoms with Crippen LogP contribution in [0.15, 0.2) is 35.1 Å². The molecule has 0 amide bonds. The number of hydrogen-bond donors (Lipinski definition) is 1. The second-order valence-corrected chi connectivity index (χ2v) is 5.00. The van der Waals surface area contributed by atoms with Gasteiger partial charge in [-0.1, -0.05) is 0 Å². The molecule has 2 aromatic rings. The summed E-state index contributed by atoms with van der Waals surface area (Å²) in [5.41, 5.74) is 0.825. The molecule has 1 N–H and O–H groups in total. The fourth-order valence-electron chi connectivity index (χ4n) is 1.76. The van der Waals surface area contributed by atoms with Crippen LogP contribution in [0.5, 0.6) is 0 Å². The van der Waals surface area contributed by atoms with Crippen molar-refractivity contribution in [3.05, 3.63) is 40.9 Å². The quantitative estimate of drug-likeness (QED) is 0.932. The van der Waals surface area contributed by atoms with Gasteiger partial charge in [-0.15, -0.1) is 0 Å². The molecule has 0 aliphatic heterocycles. The number of nitrogens with one attached hydrogen (secondary N) is 1. The number of hydrogen-bond acceptors (Lipinski definition) is 2. The summed E-state index contributed by atoms with van der Waals surface area (Å²) >= 11 is 3.17. The average molecular weight is 296 g/mol. The summed E-state index contributed by atoms with van der Waals surface area (Å²) in [7, 11) is 0. The Kier molecular flexibility index (Phi) is 2.63. The van der Waals surface area contributed by atoms with E-state index in [1.807, 2.05) is 6.20 Å². The Balaban J connectivity index is 1.85. The SMILES string of the molecule is Fc1ccc(Nc2nccn2C2CC2)cc1Br. The second-order valence-electron chi connectivity index (χ2n) is 4.14. The topological polar surface area (TPSA) is 29.9 Å².